The van der Waals surface area contributed by atoms with Gasteiger partial charge < -0.3 is 15.0 Å². The van der Waals surface area contributed by atoms with Crippen molar-refractivity contribution in [3.63, 3.8) is 0 Å². The first-order valence-electron chi connectivity index (χ1n) is 9.67. The van der Waals surface area contributed by atoms with Gasteiger partial charge in [-0.1, -0.05) is 6.92 Å². The Morgan fingerprint density at radius 3 is 2.83 bits per heavy atom. The summed E-state index contributed by atoms with van der Waals surface area (Å²) in [6, 6.07) is 2.08. The molecule has 2 aromatic rings. The smallest absolute Gasteiger partial charge is 0.416 e. The summed E-state index contributed by atoms with van der Waals surface area (Å²) >= 11 is 0. The molecular formula is C19H21F3N6O2. The summed E-state index contributed by atoms with van der Waals surface area (Å²) < 4.78 is 46.3. The van der Waals surface area contributed by atoms with Crippen molar-refractivity contribution in [1.82, 2.24) is 20.3 Å². The number of pyridine rings is 1. The number of hydrogen-bond acceptors (Lipinski definition) is 7. The van der Waals surface area contributed by atoms with Gasteiger partial charge in [0.25, 0.3) is 0 Å². The summed E-state index contributed by atoms with van der Waals surface area (Å²) in [6.45, 7) is 5.47. The van der Waals surface area contributed by atoms with Gasteiger partial charge in [0.05, 0.1) is 16.8 Å². The maximum atomic E-state index is 13.7. The first-order chi connectivity index (χ1) is 14.3. The summed E-state index contributed by atoms with van der Waals surface area (Å²) in [7, 11) is 0. The van der Waals surface area contributed by atoms with Crippen LogP contribution in [0, 0.1) is 0 Å². The Morgan fingerprint density at radius 1 is 1.30 bits per heavy atom. The molecule has 2 aliphatic rings. The highest BCUT2D eigenvalue weighted by Gasteiger charge is 2.35. The molecule has 8 nitrogen and oxygen atoms in total. The molecule has 4 rings (SSSR count). The Kier molecular flexibility index (Phi) is 5.22. The first-order valence-corrected chi connectivity index (χ1v) is 9.67. The maximum absolute atomic E-state index is 13.7. The third-order valence-electron chi connectivity index (χ3n) is 5.29. The van der Waals surface area contributed by atoms with Crippen LogP contribution >= 0.6 is 0 Å². The number of carbonyl (C=O) groups is 1. The van der Waals surface area contributed by atoms with Crippen molar-refractivity contribution in [2.45, 2.75) is 38.6 Å². The van der Waals surface area contributed by atoms with Gasteiger partial charge in [-0.3, -0.25) is 5.32 Å². The number of cyclic esters (lactones) is 1. The largest absolute Gasteiger partial charge is 0.441 e. The zero-order chi connectivity index (χ0) is 21.5. The van der Waals surface area contributed by atoms with E-state index in [2.05, 4.69) is 25.6 Å². The third kappa shape index (κ3) is 3.76. The van der Waals surface area contributed by atoms with Gasteiger partial charge in [-0.2, -0.15) is 13.2 Å². The highest BCUT2D eigenvalue weighted by molar-refractivity contribution is 5.88. The van der Waals surface area contributed by atoms with E-state index >= 15 is 0 Å². The molecule has 1 saturated heterocycles. The molecule has 2 N–H and O–H groups in total. The van der Waals surface area contributed by atoms with Gasteiger partial charge >= 0.3 is 12.3 Å². The van der Waals surface area contributed by atoms with Crippen LogP contribution in [0.4, 0.5) is 29.6 Å². The van der Waals surface area contributed by atoms with Gasteiger partial charge in [-0.25, -0.2) is 19.7 Å². The van der Waals surface area contributed by atoms with Crippen LogP contribution in [0.25, 0.3) is 11.4 Å². The van der Waals surface area contributed by atoms with Crippen LogP contribution in [0.3, 0.4) is 0 Å². The molecule has 2 aliphatic heterocycles. The van der Waals surface area contributed by atoms with Crippen LogP contribution in [0.5, 0.6) is 0 Å². The molecule has 0 saturated carbocycles. The number of amides is 1. The number of ether oxygens (including phenoxy) is 1. The second-order valence-corrected chi connectivity index (χ2v) is 7.21. The van der Waals surface area contributed by atoms with E-state index in [9.17, 15) is 18.0 Å². The number of anilines is 2. The number of alkyl halides is 3. The zero-order valence-corrected chi connectivity index (χ0v) is 16.5. The maximum Gasteiger partial charge on any atom is 0.416 e. The molecule has 1 fully saturated rings. The Balaban J connectivity index is 1.87. The molecule has 4 heterocycles. The molecule has 0 spiro atoms. The van der Waals surface area contributed by atoms with Crippen molar-refractivity contribution in [3.8, 4) is 11.4 Å². The molecule has 160 valence electrons. The molecule has 0 aromatic carbocycles. The van der Waals surface area contributed by atoms with Crippen molar-refractivity contribution in [2.75, 3.05) is 29.9 Å². The average molecular weight is 422 g/mol. The van der Waals surface area contributed by atoms with Crippen molar-refractivity contribution in [1.29, 1.82) is 0 Å². The van der Waals surface area contributed by atoms with Crippen LogP contribution < -0.4 is 15.5 Å². The van der Waals surface area contributed by atoms with Gasteiger partial charge in [0.2, 0.25) is 0 Å². The molecule has 30 heavy (non-hydrogen) atoms. The number of carbonyl (C=O) groups excluding carboxylic acids is 1. The minimum absolute atomic E-state index is 0.0310. The monoisotopic (exact) mass is 422 g/mol. The molecule has 2 atom stereocenters. The Morgan fingerprint density at radius 2 is 2.10 bits per heavy atom. The molecule has 1 amide bonds. The van der Waals surface area contributed by atoms with Gasteiger partial charge in [0.1, 0.15) is 29.8 Å². The van der Waals surface area contributed by atoms with E-state index in [1.54, 1.807) is 6.92 Å². The average Bonchev–Trinajstić information content (AvgIpc) is 2.72. The number of piperazine rings is 1. The number of hydrogen-bond donors (Lipinski definition) is 2. The predicted octanol–water partition coefficient (Wildman–Crippen LogP) is 3.37. The van der Waals surface area contributed by atoms with Gasteiger partial charge in [0.15, 0.2) is 0 Å². The van der Waals surface area contributed by atoms with Crippen molar-refractivity contribution < 1.29 is 22.7 Å². The zero-order valence-electron chi connectivity index (χ0n) is 16.5. The van der Waals surface area contributed by atoms with Crippen molar-refractivity contribution >= 4 is 17.7 Å². The molecule has 0 unspecified atom stereocenters. The summed E-state index contributed by atoms with van der Waals surface area (Å²) in [5, 5.41) is 5.72. The third-order valence-corrected chi connectivity index (χ3v) is 5.29. The number of nitrogens with zero attached hydrogens (tertiary/aromatic N) is 4. The lowest BCUT2D eigenvalue weighted by molar-refractivity contribution is -0.137. The summed E-state index contributed by atoms with van der Waals surface area (Å²) in [4.78, 5) is 26.3. The predicted molar refractivity (Wildman–Crippen MR) is 103 cm³/mol. The topological polar surface area (TPSA) is 92.3 Å². The van der Waals surface area contributed by atoms with E-state index in [0.717, 1.165) is 18.6 Å². The highest BCUT2D eigenvalue weighted by atomic mass is 19.4. The summed E-state index contributed by atoms with van der Waals surface area (Å²) in [5.74, 6) is 0.451. The lowest BCUT2D eigenvalue weighted by atomic mass is 10.0. The SMILES string of the molecule is CC[C@@H]1CNCCN1c1cc(C(F)(F)F)cc(-c2ncnc3c2[C@H](C)OC(=O)N3)n1. The Bertz CT molecular complexity index is 968. The van der Waals surface area contributed by atoms with Crippen LogP contribution in [0.2, 0.25) is 0 Å². The van der Waals surface area contributed by atoms with E-state index in [0.29, 0.717) is 25.2 Å². The summed E-state index contributed by atoms with van der Waals surface area (Å²) in [5.41, 5.74) is -0.166. The fourth-order valence-electron chi connectivity index (χ4n) is 3.81. The number of rotatable bonds is 3. The van der Waals surface area contributed by atoms with E-state index in [-0.39, 0.29) is 29.1 Å². The molecule has 0 radical (unpaired) electrons. The second-order valence-electron chi connectivity index (χ2n) is 7.21. The van der Waals surface area contributed by atoms with Gasteiger partial charge in [0, 0.05) is 25.7 Å². The van der Waals surface area contributed by atoms with Crippen LogP contribution in [0.1, 0.15) is 37.5 Å². The normalized spacial score (nSPS) is 21.6. The molecule has 0 bridgehead atoms. The Hall–Kier alpha value is -2.95. The van der Waals surface area contributed by atoms with E-state index in [1.807, 2.05) is 11.8 Å². The number of halogens is 3. The van der Waals surface area contributed by atoms with Crippen LogP contribution in [0.15, 0.2) is 18.5 Å². The molecular weight excluding hydrogens is 401 g/mol. The number of aromatic nitrogens is 3. The van der Waals surface area contributed by atoms with E-state index < -0.39 is 23.9 Å². The van der Waals surface area contributed by atoms with E-state index in [1.165, 1.54) is 6.33 Å². The molecule has 0 aliphatic carbocycles. The summed E-state index contributed by atoms with van der Waals surface area (Å²) in [6.07, 6.45) is -4.00. The highest BCUT2D eigenvalue weighted by Crippen LogP contribution is 2.39. The van der Waals surface area contributed by atoms with Gasteiger partial charge in [-0.05, 0) is 25.5 Å². The van der Waals surface area contributed by atoms with E-state index in [4.69, 9.17) is 4.74 Å². The fraction of sp³-hybridized carbons (Fsp3) is 0.474. The molecule has 2 aromatic heterocycles. The second kappa shape index (κ2) is 7.71. The lowest BCUT2D eigenvalue weighted by Gasteiger charge is -2.37. The fourth-order valence-corrected chi connectivity index (χ4v) is 3.81. The van der Waals surface area contributed by atoms with Crippen LogP contribution in [-0.2, 0) is 10.9 Å². The van der Waals surface area contributed by atoms with Gasteiger partial charge in [-0.15, -0.1) is 0 Å². The van der Waals surface area contributed by atoms with Crippen LogP contribution in [-0.4, -0.2) is 46.7 Å². The molecule has 11 heteroatoms. The Labute approximate surface area is 170 Å². The quantitative estimate of drug-likeness (QED) is 0.784. The number of fused-ring (bicyclic) bond motifs is 1. The van der Waals surface area contributed by atoms with Crippen molar-refractivity contribution in [3.05, 3.63) is 29.6 Å². The van der Waals surface area contributed by atoms with Crippen molar-refractivity contribution in [2.24, 2.45) is 0 Å². The minimum atomic E-state index is -4.55. The minimum Gasteiger partial charge on any atom is -0.441 e. The first kappa shape index (κ1) is 20.3. The standard InChI is InChI=1S/C19H21F3N6O2/c1-3-12-8-23-4-5-28(12)14-7-11(19(20,21)22)6-13(26-14)16-15-10(2)30-18(29)27-17(15)25-9-24-16/h6-7,9-10,12,23H,3-5,8H2,1-2H3,(H,24,25,27,29)/t10-,12+/m0/s1. The number of nitrogens with one attached hydrogen (secondary N) is 2. The lowest BCUT2D eigenvalue weighted by Crippen LogP contribution is -2.51.